The summed E-state index contributed by atoms with van der Waals surface area (Å²) in [6.07, 6.45) is 5.89. The summed E-state index contributed by atoms with van der Waals surface area (Å²) in [7, 11) is 0. The van der Waals surface area contributed by atoms with Crippen molar-refractivity contribution in [3.63, 3.8) is 0 Å². The fraction of sp³-hybridized carbons (Fsp3) is 0.304. The van der Waals surface area contributed by atoms with E-state index in [2.05, 4.69) is 20.6 Å². The van der Waals surface area contributed by atoms with Crippen LogP contribution in [0.15, 0.2) is 42.6 Å². The van der Waals surface area contributed by atoms with Crippen LogP contribution in [0, 0.1) is 11.6 Å². The number of halogens is 2. The van der Waals surface area contributed by atoms with Crippen molar-refractivity contribution < 1.29 is 13.5 Å². The summed E-state index contributed by atoms with van der Waals surface area (Å²) in [6.45, 7) is 1.22. The summed E-state index contributed by atoms with van der Waals surface area (Å²) in [5.41, 5.74) is 2.81. The normalized spacial score (nSPS) is 14.0. The lowest BCUT2D eigenvalue weighted by molar-refractivity contribution is 0.306. The minimum absolute atomic E-state index is 0.113. The molecule has 0 radical (unpaired) electrons. The van der Waals surface area contributed by atoms with Crippen molar-refractivity contribution in [1.29, 1.82) is 0 Å². The molecule has 1 aliphatic heterocycles. The number of thioether (sulfide) groups is 1. The Labute approximate surface area is 184 Å². The van der Waals surface area contributed by atoms with Crippen LogP contribution in [0.25, 0.3) is 11.3 Å². The van der Waals surface area contributed by atoms with Gasteiger partial charge in [0.15, 0.2) is 5.82 Å². The highest BCUT2D eigenvalue weighted by Crippen LogP contribution is 2.29. The highest BCUT2D eigenvalue weighted by Gasteiger charge is 2.13. The molecule has 1 aliphatic rings. The summed E-state index contributed by atoms with van der Waals surface area (Å²) in [5, 5.41) is 6.26. The Morgan fingerprint density at radius 1 is 1.06 bits per heavy atom. The molecular formula is C23H24F2N4OS. The standard InChI is InChI=1S/C23H24F2N4OS/c1-31-14-15-9-17-12-18(10-15)30-8-4-2-3-7-26-21-11-16(5-6-19(21)24)22-20(25)13-27-23(28-17)29-22/h5-6,9-13,26H,2-4,7-8,14H2,1H3,(H,27,28,29). The first-order valence-corrected chi connectivity index (χ1v) is 11.6. The Hall–Kier alpha value is -2.87. The van der Waals surface area contributed by atoms with E-state index >= 15 is 0 Å². The molecule has 0 amide bonds. The Kier molecular flexibility index (Phi) is 6.86. The number of benzene rings is 2. The van der Waals surface area contributed by atoms with Crippen LogP contribution in [-0.4, -0.2) is 29.4 Å². The van der Waals surface area contributed by atoms with Crippen LogP contribution in [-0.2, 0) is 5.75 Å². The van der Waals surface area contributed by atoms with Crippen LogP contribution in [0.1, 0.15) is 24.8 Å². The number of hydrogen-bond donors (Lipinski definition) is 2. The summed E-state index contributed by atoms with van der Waals surface area (Å²) < 4.78 is 34.7. The molecule has 0 spiro atoms. The lowest BCUT2D eigenvalue weighted by Gasteiger charge is -2.12. The minimum atomic E-state index is -0.568. The zero-order valence-corrected chi connectivity index (χ0v) is 18.1. The summed E-state index contributed by atoms with van der Waals surface area (Å²) in [6, 6.07) is 10.4. The molecule has 4 rings (SSSR count). The van der Waals surface area contributed by atoms with Gasteiger partial charge in [-0.1, -0.05) is 0 Å². The zero-order valence-electron chi connectivity index (χ0n) is 17.3. The molecule has 1 aromatic heterocycles. The maximum absolute atomic E-state index is 14.5. The third-order valence-electron chi connectivity index (χ3n) is 4.92. The van der Waals surface area contributed by atoms with Gasteiger partial charge in [0.2, 0.25) is 5.95 Å². The highest BCUT2D eigenvalue weighted by atomic mass is 32.2. The van der Waals surface area contributed by atoms with E-state index in [1.54, 1.807) is 17.8 Å². The number of hydrogen-bond acceptors (Lipinski definition) is 6. The number of rotatable bonds is 2. The van der Waals surface area contributed by atoms with Gasteiger partial charge >= 0.3 is 0 Å². The van der Waals surface area contributed by atoms with Gasteiger partial charge in [-0.2, -0.15) is 11.8 Å². The van der Waals surface area contributed by atoms with Crippen molar-refractivity contribution in [3.05, 3.63) is 59.8 Å². The molecule has 0 unspecified atom stereocenters. The van der Waals surface area contributed by atoms with Gasteiger partial charge in [0.1, 0.15) is 17.3 Å². The summed E-state index contributed by atoms with van der Waals surface area (Å²) in [4.78, 5) is 8.44. The molecule has 0 aliphatic carbocycles. The maximum Gasteiger partial charge on any atom is 0.227 e. The largest absolute Gasteiger partial charge is 0.494 e. The fourth-order valence-corrected chi connectivity index (χ4v) is 3.95. The van der Waals surface area contributed by atoms with E-state index in [4.69, 9.17) is 4.74 Å². The van der Waals surface area contributed by atoms with Crippen molar-refractivity contribution in [2.24, 2.45) is 0 Å². The quantitative estimate of drug-likeness (QED) is 0.507. The second-order valence-corrected chi connectivity index (χ2v) is 8.21. The van der Waals surface area contributed by atoms with Gasteiger partial charge in [-0.25, -0.2) is 18.7 Å². The molecule has 3 aromatic rings. The maximum atomic E-state index is 14.5. The molecule has 2 N–H and O–H groups in total. The second kappa shape index (κ2) is 9.96. The first-order valence-electron chi connectivity index (χ1n) is 10.2. The van der Waals surface area contributed by atoms with Crippen LogP contribution in [0.3, 0.4) is 0 Å². The molecule has 31 heavy (non-hydrogen) atoms. The van der Waals surface area contributed by atoms with Gasteiger partial charge in [0.25, 0.3) is 0 Å². The average Bonchev–Trinajstić information content (AvgIpc) is 2.75. The molecule has 0 atom stereocenters. The van der Waals surface area contributed by atoms with Gasteiger partial charge in [0.05, 0.1) is 18.5 Å². The summed E-state index contributed by atoms with van der Waals surface area (Å²) >= 11 is 1.72. The molecule has 8 heteroatoms. The smallest absolute Gasteiger partial charge is 0.227 e. The van der Waals surface area contributed by atoms with Gasteiger partial charge in [-0.3, -0.25) is 0 Å². The van der Waals surface area contributed by atoms with E-state index in [9.17, 15) is 8.78 Å². The number of fused-ring (bicyclic) bond motifs is 7. The molecule has 0 saturated carbocycles. The van der Waals surface area contributed by atoms with Crippen LogP contribution < -0.4 is 15.4 Å². The summed E-state index contributed by atoms with van der Waals surface area (Å²) in [5.74, 6) is 0.918. The van der Waals surface area contributed by atoms with Crippen LogP contribution >= 0.6 is 11.8 Å². The minimum Gasteiger partial charge on any atom is -0.494 e. The molecule has 5 nitrogen and oxygen atoms in total. The van der Waals surface area contributed by atoms with Gasteiger partial charge in [0, 0.05) is 29.6 Å². The van der Waals surface area contributed by atoms with Crippen molar-refractivity contribution in [3.8, 4) is 17.0 Å². The van der Waals surface area contributed by atoms with Crippen molar-refractivity contribution in [2.75, 3.05) is 30.0 Å². The molecule has 2 aromatic carbocycles. The van der Waals surface area contributed by atoms with Crippen molar-refractivity contribution in [2.45, 2.75) is 25.0 Å². The third-order valence-corrected chi connectivity index (χ3v) is 5.54. The van der Waals surface area contributed by atoms with E-state index in [1.165, 1.54) is 12.1 Å². The number of aromatic nitrogens is 2. The average molecular weight is 443 g/mol. The van der Waals surface area contributed by atoms with E-state index in [0.29, 0.717) is 24.4 Å². The number of nitrogens with one attached hydrogen (secondary N) is 2. The predicted octanol–water partition coefficient (Wildman–Crippen LogP) is 6.00. The van der Waals surface area contributed by atoms with Crippen LogP contribution in [0.2, 0.25) is 0 Å². The Morgan fingerprint density at radius 3 is 2.84 bits per heavy atom. The molecule has 162 valence electrons. The van der Waals surface area contributed by atoms with E-state index in [-0.39, 0.29) is 17.5 Å². The van der Waals surface area contributed by atoms with Crippen LogP contribution in [0.4, 0.5) is 26.1 Å². The lowest BCUT2D eigenvalue weighted by atomic mass is 10.1. The first kappa shape index (κ1) is 21.4. The lowest BCUT2D eigenvalue weighted by Crippen LogP contribution is -2.05. The molecule has 0 saturated heterocycles. The van der Waals surface area contributed by atoms with Crippen LogP contribution in [0.5, 0.6) is 5.75 Å². The van der Waals surface area contributed by atoms with E-state index < -0.39 is 5.82 Å². The Morgan fingerprint density at radius 2 is 1.97 bits per heavy atom. The van der Waals surface area contributed by atoms with Crippen molar-refractivity contribution >= 4 is 29.1 Å². The van der Waals surface area contributed by atoms with Gasteiger partial charge in [-0.05, 0) is 61.4 Å². The third kappa shape index (κ3) is 5.44. The SMILES string of the molecule is CSCc1cc2cc(c1)OCCCCCNc1cc(ccc1F)-c1nc(ncc1F)N2. The molecule has 0 fully saturated rings. The predicted molar refractivity (Wildman–Crippen MR) is 122 cm³/mol. The first-order chi connectivity index (χ1) is 15.1. The molecular weight excluding hydrogens is 418 g/mol. The van der Waals surface area contributed by atoms with E-state index in [0.717, 1.165) is 48.2 Å². The monoisotopic (exact) mass is 442 g/mol. The number of nitrogens with zero attached hydrogens (tertiary/aromatic N) is 2. The van der Waals surface area contributed by atoms with Crippen molar-refractivity contribution in [1.82, 2.24) is 9.97 Å². The van der Waals surface area contributed by atoms with Gasteiger partial charge < -0.3 is 15.4 Å². The Balaban J connectivity index is 1.74. The number of ether oxygens (including phenoxy) is 1. The number of anilines is 3. The van der Waals surface area contributed by atoms with Gasteiger partial charge in [-0.15, -0.1) is 0 Å². The molecule has 2 heterocycles. The highest BCUT2D eigenvalue weighted by molar-refractivity contribution is 7.97. The fourth-order valence-electron chi connectivity index (χ4n) is 3.45. The molecule has 6 bridgehead atoms. The second-order valence-electron chi connectivity index (χ2n) is 7.34. The topological polar surface area (TPSA) is 59.1 Å². The zero-order chi connectivity index (χ0) is 21.6. The Bertz CT molecular complexity index is 1060. The van der Waals surface area contributed by atoms with E-state index in [1.807, 2.05) is 24.5 Å².